The summed E-state index contributed by atoms with van der Waals surface area (Å²) in [4.78, 5) is 9.14. The van der Waals surface area contributed by atoms with E-state index in [2.05, 4.69) is 14.5 Å². The maximum Gasteiger partial charge on any atom is 0.160 e. The first kappa shape index (κ1) is 12.9. The first-order valence-electron chi connectivity index (χ1n) is 6.78. The Bertz CT molecular complexity index is 575. The van der Waals surface area contributed by atoms with Gasteiger partial charge in [-0.15, -0.1) is 11.6 Å². The number of imidazole rings is 1. The minimum absolute atomic E-state index is 0.380. The Hall–Kier alpha value is -1.13. The van der Waals surface area contributed by atoms with Gasteiger partial charge in [0.2, 0.25) is 0 Å². The van der Waals surface area contributed by atoms with Crippen LogP contribution < -0.4 is 0 Å². The molecule has 3 rings (SSSR count). The second kappa shape index (κ2) is 5.47. The number of aryl methyl sites for hydroxylation is 2. The maximum atomic E-state index is 6.00. The Morgan fingerprint density at radius 3 is 3.05 bits per heavy atom. The highest BCUT2D eigenvalue weighted by atomic mass is 35.5. The van der Waals surface area contributed by atoms with Crippen molar-refractivity contribution >= 4 is 22.8 Å². The summed E-state index contributed by atoms with van der Waals surface area (Å²) in [5.41, 5.74) is 2.87. The number of rotatable bonds is 4. The summed E-state index contributed by atoms with van der Waals surface area (Å²) in [6.45, 7) is 3.77. The van der Waals surface area contributed by atoms with Crippen molar-refractivity contribution in [1.82, 2.24) is 14.5 Å². The fourth-order valence-electron chi connectivity index (χ4n) is 2.63. The van der Waals surface area contributed by atoms with Crippen LogP contribution >= 0.6 is 11.6 Å². The highest BCUT2D eigenvalue weighted by molar-refractivity contribution is 6.16. The number of ether oxygens (including phenoxy) is 1. The van der Waals surface area contributed by atoms with Gasteiger partial charge in [-0.2, -0.15) is 0 Å². The molecule has 0 saturated carbocycles. The van der Waals surface area contributed by atoms with Crippen molar-refractivity contribution in [2.75, 3.05) is 6.61 Å². The van der Waals surface area contributed by atoms with Crippen molar-refractivity contribution in [3.63, 3.8) is 0 Å². The van der Waals surface area contributed by atoms with E-state index in [0.29, 0.717) is 12.0 Å². The SMILES string of the molecule is Cc1ccc2nc(CCl)n(CCC3CCCO3)c2n1. The molecular weight excluding hydrogens is 262 g/mol. The molecule has 2 aromatic rings. The van der Waals surface area contributed by atoms with E-state index < -0.39 is 0 Å². The van der Waals surface area contributed by atoms with Gasteiger partial charge in [-0.25, -0.2) is 9.97 Å². The third kappa shape index (κ3) is 2.60. The molecule has 1 atom stereocenters. The third-order valence-corrected chi connectivity index (χ3v) is 3.87. The maximum absolute atomic E-state index is 6.00. The lowest BCUT2D eigenvalue weighted by Crippen LogP contribution is -2.12. The molecule has 0 aliphatic carbocycles. The summed E-state index contributed by atoms with van der Waals surface area (Å²) in [6, 6.07) is 3.99. The zero-order valence-corrected chi connectivity index (χ0v) is 11.9. The molecular formula is C14H18ClN3O. The van der Waals surface area contributed by atoms with Crippen LogP contribution in [0.4, 0.5) is 0 Å². The van der Waals surface area contributed by atoms with Crippen molar-refractivity contribution in [1.29, 1.82) is 0 Å². The molecule has 102 valence electrons. The van der Waals surface area contributed by atoms with Gasteiger partial charge in [0.05, 0.1) is 12.0 Å². The van der Waals surface area contributed by atoms with E-state index in [1.807, 2.05) is 19.1 Å². The Kier molecular flexibility index (Phi) is 3.71. The molecule has 0 amide bonds. The van der Waals surface area contributed by atoms with Crippen molar-refractivity contribution in [2.24, 2.45) is 0 Å². The minimum Gasteiger partial charge on any atom is -0.378 e. The molecule has 1 aliphatic heterocycles. The molecule has 1 fully saturated rings. The Morgan fingerprint density at radius 2 is 2.32 bits per heavy atom. The van der Waals surface area contributed by atoms with E-state index in [4.69, 9.17) is 16.3 Å². The van der Waals surface area contributed by atoms with E-state index in [0.717, 1.165) is 48.7 Å². The number of nitrogens with zero attached hydrogens (tertiary/aromatic N) is 3. The number of aromatic nitrogens is 3. The topological polar surface area (TPSA) is 39.9 Å². The number of hydrogen-bond donors (Lipinski definition) is 0. The minimum atomic E-state index is 0.380. The largest absolute Gasteiger partial charge is 0.378 e. The molecule has 0 spiro atoms. The number of alkyl halides is 1. The molecule has 0 bridgehead atoms. The number of hydrogen-bond acceptors (Lipinski definition) is 3. The number of halogens is 1. The highest BCUT2D eigenvalue weighted by Gasteiger charge is 2.17. The van der Waals surface area contributed by atoms with E-state index >= 15 is 0 Å². The third-order valence-electron chi connectivity index (χ3n) is 3.63. The Balaban J connectivity index is 1.88. The van der Waals surface area contributed by atoms with Crippen LogP contribution in [0.15, 0.2) is 12.1 Å². The second-order valence-electron chi connectivity index (χ2n) is 5.03. The van der Waals surface area contributed by atoms with Crippen LogP contribution in [-0.2, 0) is 17.2 Å². The zero-order chi connectivity index (χ0) is 13.2. The van der Waals surface area contributed by atoms with Crippen molar-refractivity contribution < 1.29 is 4.74 Å². The molecule has 1 saturated heterocycles. The van der Waals surface area contributed by atoms with Gasteiger partial charge in [-0.1, -0.05) is 0 Å². The monoisotopic (exact) mass is 279 g/mol. The van der Waals surface area contributed by atoms with Gasteiger partial charge < -0.3 is 9.30 Å². The van der Waals surface area contributed by atoms with Crippen molar-refractivity contribution in [2.45, 2.75) is 44.7 Å². The molecule has 19 heavy (non-hydrogen) atoms. The lowest BCUT2D eigenvalue weighted by atomic mass is 10.2. The first-order valence-corrected chi connectivity index (χ1v) is 7.31. The second-order valence-corrected chi connectivity index (χ2v) is 5.30. The summed E-state index contributed by atoms with van der Waals surface area (Å²) in [6.07, 6.45) is 3.72. The van der Waals surface area contributed by atoms with Crippen LogP contribution in [0.3, 0.4) is 0 Å². The van der Waals surface area contributed by atoms with E-state index in [1.54, 1.807) is 0 Å². The molecule has 5 heteroatoms. The van der Waals surface area contributed by atoms with Gasteiger partial charge in [0.1, 0.15) is 11.3 Å². The molecule has 1 aliphatic rings. The Morgan fingerprint density at radius 1 is 1.42 bits per heavy atom. The van der Waals surface area contributed by atoms with Gasteiger partial charge >= 0.3 is 0 Å². The standard InChI is InChI=1S/C14H18ClN3O/c1-10-4-5-12-14(16-10)18(13(9-15)17-12)7-6-11-3-2-8-19-11/h4-5,11H,2-3,6-9H2,1H3. The van der Waals surface area contributed by atoms with Crippen LogP contribution in [0, 0.1) is 6.92 Å². The summed E-state index contributed by atoms with van der Waals surface area (Å²) >= 11 is 6.00. The summed E-state index contributed by atoms with van der Waals surface area (Å²) in [5.74, 6) is 1.31. The van der Waals surface area contributed by atoms with Crippen LogP contribution in [0.1, 0.15) is 30.8 Å². The molecule has 0 aromatic carbocycles. The van der Waals surface area contributed by atoms with Gasteiger partial charge in [0.25, 0.3) is 0 Å². The van der Waals surface area contributed by atoms with E-state index in [-0.39, 0.29) is 0 Å². The normalized spacial score (nSPS) is 19.4. The Labute approximate surface area is 117 Å². The molecule has 2 aromatic heterocycles. The van der Waals surface area contributed by atoms with Crippen molar-refractivity contribution in [3.8, 4) is 0 Å². The van der Waals surface area contributed by atoms with Crippen LogP contribution in [0.5, 0.6) is 0 Å². The first-order chi connectivity index (χ1) is 9.28. The molecule has 3 heterocycles. The van der Waals surface area contributed by atoms with Gasteiger partial charge in [0, 0.05) is 18.8 Å². The van der Waals surface area contributed by atoms with Gasteiger partial charge in [-0.3, -0.25) is 0 Å². The molecule has 4 nitrogen and oxygen atoms in total. The molecule has 0 N–H and O–H groups in total. The van der Waals surface area contributed by atoms with E-state index in [1.165, 1.54) is 6.42 Å². The van der Waals surface area contributed by atoms with E-state index in [9.17, 15) is 0 Å². The predicted molar refractivity (Wildman–Crippen MR) is 75.4 cm³/mol. The van der Waals surface area contributed by atoms with Crippen LogP contribution in [0.25, 0.3) is 11.2 Å². The lowest BCUT2D eigenvalue weighted by Gasteiger charge is -2.11. The van der Waals surface area contributed by atoms with Gasteiger partial charge in [-0.05, 0) is 38.3 Å². The average molecular weight is 280 g/mol. The number of fused-ring (bicyclic) bond motifs is 1. The highest BCUT2D eigenvalue weighted by Crippen LogP contribution is 2.20. The summed E-state index contributed by atoms with van der Waals surface area (Å²) in [5, 5.41) is 0. The van der Waals surface area contributed by atoms with Gasteiger partial charge in [0.15, 0.2) is 5.65 Å². The van der Waals surface area contributed by atoms with Crippen LogP contribution in [-0.4, -0.2) is 27.2 Å². The smallest absolute Gasteiger partial charge is 0.160 e. The van der Waals surface area contributed by atoms with Crippen LogP contribution in [0.2, 0.25) is 0 Å². The summed E-state index contributed by atoms with van der Waals surface area (Å²) in [7, 11) is 0. The lowest BCUT2D eigenvalue weighted by molar-refractivity contribution is 0.100. The zero-order valence-electron chi connectivity index (χ0n) is 11.1. The fourth-order valence-corrected chi connectivity index (χ4v) is 2.83. The summed E-state index contributed by atoms with van der Waals surface area (Å²) < 4.78 is 7.81. The number of pyridine rings is 1. The molecule has 1 unspecified atom stereocenters. The quantitative estimate of drug-likeness (QED) is 0.808. The average Bonchev–Trinajstić information content (AvgIpc) is 3.03. The molecule has 0 radical (unpaired) electrons. The van der Waals surface area contributed by atoms with Crippen molar-refractivity contribution in [3.05, 3.63) is 23.7 Å². The predicted octanol–water partition coefficient (Wildman–Crippen LogP) is 3.05. The fraction of sp³-hybridized carbons (Fsp3) is 0.571.